The lowest BCUT2D eigenvalue weighted by Crippen LogP contribution is -1.98. The van der Waals surface area contributed by atoms with E-state index in [9.17, 15) is 0 Å². The highest BCUT2D eigenvalue weighted by atomic mass is 32.2. The van der Waals surface area contributed by atoms with Gasteiger partial charge in [0.25, 0.3) is 0 Å². The van der Waals surface area contributed by atoms with Gasteiger partial charge in [0.1, 0.15) is 5.01 Å². The van der Waals surface area contributed by atoms with Crippen molar-refractivity contribution < 1.29 is 0 Å². The zero-order chi connectivity index (χ0) is 12.1. The Bertz CT molecular complexity index is 466. The van der Waals surface area contributed by atoms with Crippen LogP contribution in [0.2, 0.25) is 0 Å². The lowest BCUT2D eigenvalue weighted by molar-refractivity contribution is 0.958. The van der Waals surface area contributed by atoms with Crippen LogP contribution in [0.15, 0.2) is 9.72 Å². The summed E-state index contributed by atoms with van der Waals surface area (Å²) in [6.45, 7) is 5.10. The molecule has 4 nitrogen and oxygen atoms in total. The molecular formula is C10H14N4S3. The number of aryl methyl sites for hydroxylation is 1. The first-order chi connectivity index (χ1) is 8.28. The second kappa shape index (κ2) is 6.32. The summed E-state index contributed by atoms with van der Waals surface area (Å²) in [5.74, 6) is 0.846. The maximum atomic E-state index is 4.40. The summed E-state index contributed by atoms with van der Waals surface area (Å²) in [7, 11) is 0. The molecule has 0 aliphatic rings. The van der Waals surface area contributed by atoms with E-state index in [-0.39, 0.29) is 0 Å². The van der Waals surface area contributed by atoms with Gasteiger partial charge in [-0.05, 0) is 13.3 Å². The van der Waals surface area contributed by atoms with Gasteiger partial charge in [0, 0.05) is 17.6 Å². The Kier molecular flexibility index (Phi) is 4.75. The lowest BCUT2D eigenvalue weighted by atomic mass is 10.5. The Hall–Kier alpha value is -0.660. The molecule has 0 unspecified atom stereocenters. The Labute approximate surface area is 113 Å². The Morgan fingerprint density at radius 1 is 1.41 bits per heavy atom. The molecule has 2 rings (SSSR count). The molecule has 0 radical (unpaired) electrons. The lowest BCUT2D eigenvalue weighted by Gasteiger charge is -1.95. The molecule has 0 fully saturated rings. The number of nitrogens with zero attached hydrogens (tertiary/aromatic N) is 3. The molecule has 17 heavy (non-hydrogen) atoms. The van der Waals surface area contributed by atoms with Crippen molar-refractivity contribution in [3.8, 4) is 0 Å². The minimum atomic E-state index is 0.846. The maximum absolute atomic E-state index is 4.40. The minimum absolute atomic E-state index is 0.846. The number of hydrogen-bond acceptors (Lipinski definition) is 7. The molecule has 0 bridgehead atoms. The number of anilines is 1. The first-order valence-electron chi connectivity index (χ1n) is 5.39. The first kappa shape index (κ1) is 12.8. The molecule has 2 aromatic heterocycles. The van der Waals surface area contributed by atoms with E-state index in [1.165, 1.54) is 0 Å². The monoisotopic (exact) mass is 286 g/mol. The van der Waals surface area contributed by atoms with Gasteiger partial charge in [-0.15, -0.1) is 21.5 Å². The van der Waals surface area contributed by atoms with Crippen LogP contribution in [0, 0.1) is 6.92 Å². The number of thiazole rings is 1. The van der Waals surface area contributed by atoms with E-state index in [0.29, 0.717) is 0 Å². The van der Waals surface area contributed by atoms with Gasteiger partial charge in [0.05, 0.1) is 5.75 Å². The van der Waals surface area contributed by atoms with E-state index in [1.807, 2.05) is 6.92 Å². The molecule has 0 aliphatic carbocycles. The van der Waals surface area contributed by atoms with Crippen LogP contribution in [0.25, 0.3) is 0 Å². The molecule has 0 saturated heterocycles. The smallest absolute Gasteiger partial charge is 0.205 e. The average Bonchev–Trinajstić information content (AvgIpc) is 2.93. The van der Waals surface area contributed by atoms with Crippen LogP contribution in [-0.4, -0.2) is 21.7 Å². The van der Waals surface area contributed by atoms with Crippen molar-refractivity contribution in [1.82, 2.24) is 15.2 Å². The standard InChI is InChI=1S/C10H14N4S3/c1-3-4-11-9-14-13-8(17-9)6-16-10-12-7(2)5-15-10/h5H,3-4,6H2,1-2H3,(H,11,14). The van der Waals surface area contributed by atoms with Crippen LogP contribution >= 0.6 is 34.4 Å². The van der Waals surface area contributed by atoms with Crippen molar-refractivity contribution in [2.24, 2.45) is 0 Å². The van der Waals surface area contributed by atoms with Crippen molar-refractivity contribution in [2.75, 3.05) is 11.9 Å². The zero-order valence-corrected chi connectivity index (χ0v) is 12.2. The molecule has 2 aromatic rings. The van der Waals surface area contributed by atoms with Crippen LogP contribution in [0.5, 0.6) is 0 Å². The second-order valence-electron chi connectivity index (χ2n) is 3.47. The Morgan fingerprint density at radius 2 is 2.29 bits per heavy atom. The van der Waals surface area contributed by atoms with Gasteiger partial charge >= 0.3 is 0 Å². The largest absolute Gasteiger partial charge is 0.360 e. The van der Waals surface area contributed by atoms with Crippen molar-refractivity contribution in [2.45, 2.75) is 30.4 Å². The van der Waals surface area contributed by atoms with Gasteiger partial charge in [-0.3, -0.25) is 0 Å². The van der Waals surface area contributed by atoms with Crippen molar-refractivity contribution in [3.05, 3.63) is 16.1 Å². The van der Waals surface area contributed by atoms with E-state index < -0.39 is 0 Å². The number of nitrogens with one attached hydrogen (secondary N) is 1. The molecule has 92 valence electrons. The fourth-order valence-corrected chi connectivity index (χ4v) is 3.74. The van der Waals surface area contributed by atoms with Crippen LogP contribution in [0.3, 0.4) is 0 Å². The van der Waals surface area contributed by atoms with E-state index in [1.54, 1.807) is 34.4 Å². The fourth-order valence-electron chi connectivity index (χ4n) is 1.14. The molecule has 0 aromatic carbocycles. The predicted molar refractivity (Wildman–Crippen MR) is 75.1 cm³/mol. The van der Waals surface area contributed by atoms with Crippen LogP contribution in [0.4, 0.5) is 5.13 Å². The maximum Gasteiger partial charge on any atom is 0.205 e. The highest BCUT2D eigenvalue weighted by Crippen LogP contribution is 2.28. The number of thioether (sulfide) groups is 1. The molecular weight excluding hydrogens is 272 g/mol. The summed E-state index contributed by atoms with van der Waals surface area (Å²) in [5, 5.41) is 15.5. The molecule has 0 atom stereocenters. The van der Waals surface area contributed by atoms with Gasteiger partial charge in [0.2, 0.25) is 5.13 Å². The van der Waals surface area contributed by atoms with Gasteiger partial charge in [0.15, 0.2) is 4.34 Å². The highest BCUT2D eigenvalue weighted by Gasteiger charge is 2.06. The van der Waals surface area contributed by atoms with Gasteiger partial charge in [-0.2, -0.15) is 0 Å². The minimum Gasteiger partial charge on any atom is -0.360 e. The van der Waals surface area contributed by atoms with E-state index in [2.05, 4.69) is 32.8 Å². The first-order valence-corrected chi connectivity index (χ1v) is 8.07. The van der Waals surface area contributed by atoms with E-state index in [4.69, 9.17) is 0 Å². The number of aromatic nitrogens is 3. The highest BCUT2D eigenvalue weighted by molar-refractivity contribution is 8.00. The number of hydrogen-bond donors (Lipinski definition) is 1. The molecule has 0 amide bonds. The molecule has 2 heterocycles. The summed E-state index contributed by atoms with van der Waals surface area (Å²) < 4.78 is 1.10. The number of rotatable bonds is 6. The van der Waals surface area contributed by atoms with E-state index >= 15 is 0 Å². The molecule has 1 N–H and O–H groups in total. The van der Waals surface area contributed by atoms with E-state index in [0.717, 1.165) is 38.9 Å². The summed E-state index contributed by atoms with van der Waals surface area (Å²) >= 11 is 5.02. The second-order valence-corrected chi connectivity index (χ2v) is 6.61. The fraction of sp³-hybridized carbons (Fsp3) is 0.500. The van der Waals surface area contributed by atoms with Gasteiger partial charge in [-0.1, -0.05) is 30.0 Å². The average molecular weight is 286 g/mol. The molecule has 0 aliphatic heterocycles. The van der Waals surface area contributed by atoms with Crippen LogP contribution < -0.4 is 5.32 Å². The summed E-state index contributed by atoms with van der Waals surface area (Å²) in [4.78, 5) is 4.40. The van der Waals surface area contributed by atoms with Gasteiger partial charge < -0.3 is 5.32 Å². The van der Waals surface area contributed by atoms with Crippen LogP contribution in [0.1, 0.15) is 24.0 Å². The Balaban J connectivity index is 1.84. The third-order valence-electron chi connectivity index (χ3n) is 1.91. The summed E-state index contributed by atoms with van der Waals surface area (Å²) in [5.41, 5.74) is 1.08. The van der Waals surface area contributed by atoms with Gasteiger partial charge in [-0.25, -0.2) is 4.98 Å². The zero-order valence-electron chi connectivity index (χ0n) is 9.77. The SMILES string of the molecule is CCCNc1nnc(CSc2nc(C)cs2)s1. The van der Waals surface area contributed by atoms with Crippen LogP contribution in [-0.2, 0) is 5.75 Å². The molecule has 7 heteroatoms. The van der Waals surface area contributed by atoms with Crippen molar-refractivity contribution in [1.29, 1.82) is 0 Å². The summed E-state index contributed by atoms with van der Waals surface area (Å²) in [6, 6.07) is 0. The predicted octanol–water partition coefficient (Wildman–Crippen LogP) is 3.42. The quantitative estimate of drug-likeness (QED) is 0.825. The normalized spacial score (nSPS) is 10.7. The third kappa shape index (κ3) is 3.93. The topological polar surface area (TPSA) is 50.7 Å². The molecule has 0 saturated carbocycles. The van der Waals surface area contributed by atoms with Crippen molar-refractivity contribution >= 4 is 39.6 Å². The Morgan fingerprint density at radius 3 is 3.00 bits per heavy atom. The van der Waals surface area contributed by atoms with Crippen molar-refractivity contribution in [3.63, 3.8) is 0 Å². The third-order valence-corrected chi connectivity index (χ3v) is 5.12. The summed E-state index contributed by atoms with van der Waals surface area (Å²) in [6.07, 6.45) is 1.10. The molecule has 0 spiro atoms.